The number of fused-ring (bicyclic) bond motifs is 1. The van der Waals surface area contributed by atoms with Crippen molar-refractivity contribution in [2.45, 2.75) is 34.2 Å². The van der Waals surface area contributed by atoms with Crippen LogP contribution in [0.5, 0.6) is 0 Å². The Hall–Kier alpha value is -2.51. The molecule has 0 aliphatic heterocycles. The van der Waals surface area contributed by atoms with Gasteiger partial charge in [0, 0.05) is 16.9 Å². The lowest BCUT2D eigenvalue weighted by molar-refractivity contribution is -0.119. The fourth-order valence-corrected chi connectivity index (χ4v) is 4.67. The number of aromatic nitrogens is 3. The van der Waals surface area contributed by atoms with Crippen molar-refractivity contribution in [3.8, 4) is 10.6 Å². The molecule has 0 aliphatic rings. The van der Waals surface area contributed by atoms with E-state index in [0.717, 1.165) is 37.6 Å². The van der Waals surface area contributed by atoms with E-state index in [1.807, 2.05) is 49.7 Å². The maximum absolute atomic E-state index is 12.6. The van der Waals surface area contributed by atoms with E-state index in [4.69, 9.17) is 4.98 Å². The number of hydrogen-bond donors (Lipinski definition) is 1. The van der Waals surface area contributed by atoms with Crippen LogP contribution in [0.25, 0.3) is 20.8 Å². The Labute approximate surface area is 188 Å². The first-order valence-corrected chi connectivity index (χ1v) is 11.4. The number of halogens is 1. The molecule has 7 heteroatoms. The minimum absolute atomic E-state index is 0.0260. The fourth-order valence-electron chi connectivity index (χ4n) is 3.31. The molecule has 1 unspecified atom stereocenters. The lowest BCUT2D eigenvalue weighted by Gasteiger charge is -2.13. The van der Waals surface area contributed by atoms with Crippen LogP contribution in [0.2, 0.25) is 0 Å². The Morgan fingerprint density at radius 1 is 1.17 bits per heavy atom. The molecule has 1 amide bonds. The van der Waals surface area contributed by atoms with Gasteiger partial charge in [-0.15, -0.1) is 11.3 Å². The minimum Gasteiger partial charge on any atom is -0.326 e. The van der Waals surface area contributed by atoms with E-state index in [2.05, 4.69) is 51.5 Å². The van der Waals surface area contributed by atoms with E-state index in [9.17, 15) is 4.79 Å². The topological polar surface area (TPSA) is 59.8 Å². The van der Waals surface area contributed by atoms with Gasteiger partial charge in [0.25, 0.3) is 0 Å². The first-order valence-electron chi connectivity index (χ1n) is 9.80. The highest BCUT2D eigenvalue weighted by atomic mass is 79.9. The number of benzene rings is 2. The lowest BCUT2D eigenvalue weighted by atomic mass is 10.1. The van der Waals surface area contributed by atoms with Crippen LogP contribution in [0.4, 0.5) is 5.69 Å². The molecule has 4 rings (SSSR count). The SMILES string of the molecule is Cc1ccc2nc(-c3ccc(NC(=O)C(C)Cn4nc(C)c(Br)c4C)cc3)sc2c1. The summed E-state index contributed by atoms with van der Waals surface area (Å²) in [5.41, 5.74) is 6.04. The van der Waals surface area contributed by atoms with Gasteiger partial charge in [0.2, 0.25) is 5.91 Å². The Kier molecular flexibility index (Phi) is 5.75. The number of aryl methyl sites for hydroxylation is 2. The van der Waals surface area contributed by atoms with Gasteiger partial charge in [-0.05, 0) is 78.7 Å². The van der Waals surface area contributed by atoms with Crippen LogP contribution in [0, 0.1) is 26.7 Å². The molecule has 0 spiro atoms. The quantitative estimate of drug-likeness (QED) is 0.372. The number of anilines is 1. The van der Waals surface area contributed by atoms with Crippen molar-refractivity contribution in [1.82, 2.24) is 14.8 Å². The molecule has 0 bridgehead atoms. The van der Waals surface area contributed by atoms with Crippen molar-refractivity contribution >= 4 is 49.1 Å². The number of hydrogen-bond acceptors (Lipinski definition) is 4. The molecular formula is C23H23BrN4OS. The monoisotopic (exact) mass is 482 g/mol. The van der Waals surface area contributed by atoms with E-state index in [1.165, 1.54) is 10.3 Å². The lowest BCUT2D eigenvalue weighted by Crippen LogP contribution is -2.25. The third-order valence-electron chi connectivity index (χ3n) is 5.13. The number of carbonyl (C=O) groups excluding carboxylic acids is 1. The molecule has 0 saturated carbocycles. The fraction of sp³-hybridized carbons (Fsp3) is 0.261. The Morgan fingerprint density at radius 3 is 2.57 bits per heavy atom. The predicted molar refractivity (Wildman–Crippen MR) is 127 cm³/mol. The van der Waals surface area contributed by atoms with Gasteiger partial charge in [-0.2, -0.15) is 5.10 Å². The Morgan fingerprint density at radius 2 is 1.90 bits per heavy atom. The molecule has 2 heterocycles. The summed E-state index contributed by atoms with van der Waals surface area (Å²) < 4.78 is 4.06. The molecule has 1 atom stereocenters. The zero-order chi connectivity index (χ0) is 21.4. The van der Waals surface area contributed by atoms with Gasteiger partial charge in [0.15, 0.2) is 0 Å². The van der Waals surface area contributed by atoms with Crippen molar-refractivity contribution in [2.24, 2.45) is 5.92 Å². The van der Waals surface area contributed by atoms with Gasteiger partial charge in [-0.25, -0.2) is 4.98 Å². The first kappa shape index (κ1) is 20.8. The van der Waals surface area contributed by atoms with Gasteiger partial charge < -0.3 is 5.32 Å². The van der Waals surface area contributed by atoms with E-state index < -0.39 is 0 Å². The third-order valence-corrected chi connectivity index (χ3v) is 7.35. The average molecular weight is 483 g/mol. The summed E-state index contributed by atoms with van der Waals surface area (Å²) in [6, 6.07) is 14.2. The van der Waals surface area contributed by atoms with Crippen LogP contribution in [-0.2, 0) is 11.3 Å². The van der Waals surface area contributed by atoms with E-state index >= 15 is 0 Å². The van der Waals surface area contributed by atoms with Gasteiger partial charge in [-0.1, -0.05) is 13.0 Å². The molecule has 154 valence electrons. The van der Waals surface area contributed by atoms with Crippen LogP contribution in [0.1, 0.15) is 23.9 Å². The van der Waals surface area contributed by atoms with Gasteiger partial charge in [0.05, 0.1) is 32.8 Å². The van der Waals surface area contributed by atoms with E-state index in [-0.39, 0.29) is 11.8 Å². The van der Waals surface area contributed by atoms with Crippen LogP contribution < -0.4 is 5.32 Å². The highest BCUT2D eigenvalue weighted by Crippen LogP contribution is 2.31. The molecule has 0 saturated heterocycles. The van der Waals surface area contributed by atoms with Crippen molar-refractivity contribution in [3.05, 3.63) is 63.9 Å². The molecule has 0 radical (unpaired) electrons. The average Bonchev–Trinajstić information content (AvgIpc) is 3.24. The largest absolute Gasteiger partial charge is 0.326 e. The summed E-state index contributed by atoms with van der Waals surface area (Å²) in [4.78, 5) is 17.4. The third kappa shape index (κ3) is 4.18. The van der Waals surface area contributed by atoms with Gasteiger partial charge in [-0.3, -0.25) is 9.48 Å². The van der Waals surface area contributed by atoms with Crippen LogP contribution in [-0.4, -0.2) is 20.7 Å². The highest BCUT2D eigenvalue weighted by Gasteiger charge is 2.17. The summed E-state index contributed by atoms with van der Waals surface area (Å²) in [5.74, 6) is -0.232. The second kappa shape index (κ2) is 8.32. The second-order valence-corrected chi connectivity index (χ2v) is 9.45. The number of nitrogens with zero attached hydrogens (tertiary/aromatic N) is 3. The predicted octanol–water partition coefficient (Wildman–Crippen LogP) is 6.12. The van der Waals surface area contributed by atoms with Crippen LogP contribution >= 0.6 is 27.3 Å². The maximum atomic E-state index is 12.6. The number of nitrogens with one attached hydrogen (secondary N) is 1. The number of thiazole rings is 1. The molecule has 1 N–H and O–H groups in total. The Balaban J connectivity index is 1.44. The summed E-state index contributed by atoms with van der Waals surface area (Å²) >= 11 is 5.22. The van der Waals surface area contributed by atoms with E-state index in [1.54, 1.807) is 11.3 Å². The van der Waals surface area contributed by atoms with Crippen LogP contribution in [0.3, 0.4) is 0 Å². The smallest absolute Gasteiger partial charge is 0.229 e. The van der Waals surface area contributed by atoms with Crippen LogP contribution in [0.15, 0.2) is 46.9 Å². The molecular weight excluding hydrogens is 460 g/mol. The molecule has 0 aliphatic carbocycles. The number of carbonyl (C=O) groups is 1. The van der Waals surface area contributed by atoms with Crippen molar-refractivity contribution in [3.63, 3.8) is 0 Å². The normalized spacial score (nSPS) is 12.3. The summed E-state index contributed by atoms with van der Waals surface area (Å²) in [5, 5.41) is 8.48. The molecule has 2 aromatic carbocycles. The number of rotatable bonds is 5. The highest BCUT2D eigenvalue weighted by molar-refractivity contribution is 9.10. The second-order valence-electron chi connectivity index (χ2n) is 7.62. The van der Waals surface area contributed by atoms with Crippen molar-refractivity contribution in [1.29, 1.82) is 0 Å². The van der Waals surface area contributed by atoms with Crippen molar-refractivity contribution in [2.75, 3.05) is 5.32 Å². The number of amides is 1. The summed E-state index contributed by atoms with van der Waals surface area (Å²) in [7, 11) is 0. The summed E-state index contributed by atoms with van der Waals surface area (Å²) in [6.07, 6.45) is 0. The van der Waals surface area contributed by atoms with Crippen molar-refractivity contribution < 1.29 is 4.79 Å². The minimum atomic E-state index is -0.206. The maximum Gasteiger partial charge on any atom is 0.229 e. The van der Waals surface area contributed by atoms with Gasteiger partial charge >= 0.3 is 0 Å². The zero-order valence-corrected chi connectivity index (χ0v) is 19.8. The zero-order valence-electron chi connectivity index (χ0n) is 17.4. The summed E-state index contributed by atoms with van der Waals surface area (Å²) in [6.45, 7) is 8.48. The van der Waals surface area contributed by atoms with E-state index in [0.29, 0.717) is 6.54 Å². The standard InChI is InChI=1S/C23H23BrN4OS/c1-13-5-10-19-20(11-13)30-23(26-19)17-6-8-18(9-7-17)25-22(29)14(2)12-28-16(4)21(24)15(3)27-28/h5-11,14H,12H2,1-4H3,(H,25,29). The molecule has 30 heavy (non-hydrogen) atoms. The molecule has 2 aromatic heterocycles. The molecule has 0 fully saturated rings. The molecule has 5 nitrogen and oxygen atoms in total. The first-order chi connectivity index (χ1) is 14.3. The molecule has 4 aromatic rings. The Bertz CT molecular complexity index is 1230. The van der Waals surface area contributed by atoms with Gasteiger partial charge in [0.1, 0.15) is 5.01 Å².